The van der Waals surface area contributed by atoms with Gasteiger partial charge in [0, 0.05) is 26.2 Å². The first-order chi connectivity index (χ1) is 12.3. The molecule has 26 heavy (non-hydrogen) atoms. The minimum Gasteiger partial charge on any atom is -0.355 e. The molecule has 0 aromatic carbocycles. The lowest BCUT2D eigenvalue weighted by molar-refractivity contribution is -0.125. The van der Waals surface area contributed by atoms with Gasteiger partial charge in [-0.3, -0.25) is 4.79 Å². The number of hydrogen-bond acceptors (Lipinski definition) is 6. The number of rotatable bonds is 4. The zero-order chi connectivity index (χ0) is 17.1. The summed E-state index contributed by atoms with van der Waals surface area (Å²) in [5, 5.41) is 9.57. The molecule has 2 aliphatic rings. The molecule has 2 aliphatic heterocycles. The molecule has 0 bridgehead atoms. The highest BCUT2D eigenvalue weighted by molar-refractivity contribution is 7.16. The Morgan fingerprint density at radius 2 is 2.35 bits per heavy atom. The smallest absolute Gasteiger partial charge is 0.225 e. The molecule has 4 heterocycles. The van der Waals surface area contributed by atoms with Crippen molar-refractivity contribution in [3.05, 3.63) is 29.4 Å². The molecule has 1 saturated heterocycles. The molecule has 1 unspecified atom stereocenters. The number of thiophene rings is 1. The molecule has 1 fully saturated rings. The van der Waals surface area contributed by atoms with Crippen molar-refractivity contribution in [1.29, 1.82) is 0 Å². The number of fused-ring (bicyclic) bond motifs is 1. The first kappa shape index (κ1) is 19.1. The van der Waals surface area contributed by atoms with Gasteiger partial charge in [-0.05, 0) is 37.3 Å². The monoisotopic (exact) mass is 393 g/mol. The number of halogens is 1. The third kappa shape index (κ3) is 4.16. The van der Waals surface area contributed by atoms with E-state index in [-0.39, 0.29) is 24.2 Å². The Labute approximate surface area is 163 Å². The van der Waals surface area contributed by atoms with Gasteiger partial charge in [-0.25, -0.2) is 9.97 Å². The summed E-state index contributed by atoms with van der Waals surface area (Å²) in [6, 6.07) is 2.07. The Morgan fingerprint density at radius 3 is 3.19 bits per heavy atom. The van der Waals surface area contributed by atoms with Crippen molar-refractivity contribution >= 4 is 45.7 Å². The van der Waals surface area contributed by atoms with E-state index in [1.165, 1.54) is 5.57 Å². The van der Waals surface area contributed by atoms with Crippen molar-refractivity contribution in [2.24, 2.45) is 5.92 Å². The summed E-state index contributed by atoms with van der Waals surface area (Å²) in [6.45, 7) is 4.27. The lowest BCUT2D eigenvalue weighted by Crippen LogP contribution is -2.44. The fourth-order valence-electron chi connectivity index (χ4n) is 3.59. The minimum atomic E-state index is 0. The largest absolute Gasteiger partial charge is 0.355 e. The fraction of sp³-hybridized carbons (Fsp3) is 0.500. The first-order valence-corrected chi connectivity index (χ1v) is 9.79. The molecule has 8 heteroatoms. The average molecular weight is 394 g/mol. The van der Waals surface area contributed by atoms with E-state index in [4.69, 9.17) is 0 Å². The van der Waals surface area contributed by atoms with Crippen LogP contribution in [0.3, 0.4) is 0 Å². The highest BCUT2D eigenvalue weighted by Crippen LogP contribution is 2.29. The van der Waals surface area contributed by atoms with Gasteiger partial charge in [0.2, 0.25) is 5.91 Å². The zero-order valence-corrected chi connectivity index (χ0v) is 16.2. The summed E-state index contributed by atoms with van der Waals surface area (Å²) in [4.78, 5) is 24.7. The molecule has 2 aromatic heterocycles. The van der Waals surface area contributed by atoms with E-state index in [0.29, 0.717) is 6.54 Å². The molecular weight excluding hydrogens is 370 g/mol. The van der Waals surface area contributed by atoms with Crippen LogP contribution in [0, 0.1) is 5.92 Å². The molecule has 0 saturated carbocycles. The number of piperidine rings is 1. The molecule has 0 radical (unpaired) electrons. The maximum absolute atomic E-state index is 12.6. The van der Waals surface area contributed by atoms with E-state index in [0.717, 1.165) is 61.5 Å². The van der Waals surface area contributed by atoms with E-state index < -0.39 is 0 Å². The maximum Gasteiger partial charge on any atom is 0.225 e. The summed E-state index contributed by atoms with van der Waals surface area (Å²) in [5.41, 5.74) is 1.33. The number of carbonyl (C=O) groups is 1. The second-order valence-corrected chi connectivity index (χ2v) is 7.55. The van der Waals surface area contributed by atoms with E-state index in [2.05, 4.69) is 37.6 Å². The molecule has 140 valence electrons. The number of carbonyl (C=O) groups excluding carboxylic acids is 1. The second kappa shape index (κ2) is 8.79. The molecule has 4 rings (SSSR count). The lowest BCUT2D eigenvalue weighted by atomic mass is 9.96. The van der Waals surface area contributed by atoms with Crippen LogP contribution in [-0.2, 0) is 4.79 Å². The standard InChI is InChI=1S/C18H23N5OS.ClH/c24-17(20-10-13-3-6-19-7-4-13)14-2-1-8-23(11-14)16-15-5-9-25-18(15)22-12-21-16;/h3,5,9,12,14,19H,1-2,4,6-8,10-11H2,(H,20,24);1H. The van der Waals surface area contributed by atoms with Crippen LogP contribution < -0.4 is 15.5 Å². The van der Waals surface area contributed by atoms with E-state index >= 15 is 0 Å². The van der Waals surface area contributed by atoms with Gasteiger partial charge in [0.25, 0.3) is 0 Å². The summed E-state index contributed by atoms with van der Waals surface area (Å²) in [5.74, 6) is 1.16. The molecule has 1 amide bonds. The predicted octanol–water partition coefficient (Wildman–Crippen LogP) is 2.37. The van der Waals surface area contributed by atoms with Crippen LogP contribution in [0.15, 0.2) is 29.4 Å². The Morgan fingerprint density at radius 1 is 1.42 bits per heavy atom. The van der Waals surface area contributed by atoms with Crippen LogP contribution >= 0.6 is 23.7 Å². The number of amides is 1. The molecule has 0 spiro atoms. The van der Waals surface area contributed by atoms with E-state index in [1.807, 2.05) is 5.38 Å². The lowest BCUT2D eigenvalue weighted by Gasteiger charge is -2.33. The Bertz CT molecular complexity index is 793. The molecule has 2 N–H and O–H groups in total. The van der Waals surface area contributed by atoms with Crippen molar-refractivity contribution in [1.82, 2.24) is 20.6 Å². The first-order valence-electron chi connectivity index (χ1n) is 8.91. The highest BCUT2D eigenvalue weighted by atomic mass is 35.5. The number of nitrogens with one attached hydrogen (secondary N) is 2. The summed E-state index contributed by atoms with van der Waals surface area (Å²) >= 11 is 1.63. The minimum absolute atomic E-state index is 0. The Kier molecular flexibility index (Phi) is 6.45. The van der Waals surface area contributed by atoms with E-state index in [1.54, 1.807) is 17.7 Å². The summed E-state index contributed by atoms with van der Waals surface area (Å²) in [7, 11) is 0. The van der Waals surface area contributed by atoms with Crippen LogP contribution in [0.25, 0.3) is 10.2 Å². The van der Waals surface area contributed by atoms with Crippen LogP contribution in [0.5, 0.6) is 0 Å². The normalized spacial score (nSPS) is 20.4. The molecule has 1 atom stereocenters. The van der Waals surface area contributed by atoms with Gasteiger partial charge >= 0.3 is 0 Å². The van der Waals surface area contributed by atoms with Crippen LogP contribution in [-0.4, -0.2) is 48.6 Å². The van der Waals surface area contributed by atoms with Crippen molar-refractivity contribution in [3.8, 4) is 0 Å². The summed E-state index contributed by atoms with van der Waals surface area (Å²) < 4.78 is 0. The third-order valence-electron chi connectivity index (χ3n) is 4.98. The van der Waals surface area contributed by atoms with Crippen molar-refractivity contribution in [3.63, 3.8) is 0 Å². The van der Waals surface area contributed by atoms with Crippen molar-refractivity contribution in [2.75, 3.05) is 37.6 Å². The van der Waals surface area contributed by atoms with Crippen molar-refractivity contribution < 1.29 is 4.79 Å². The van der Waals surface area contributed by atoms with Gasteiger partial charge in [-0.15, -0.1) is 23.7 Å². The van der Waals surface area contributed by atoms with Gasteiger partial charge in [-0.1, -0.05) is 11.6 Å². The third-order valence-corrected chi connectivity index (χ3v) is 5.80. The molecule has 2 aromatic rings. The summed E-state index contributed by atoms with van der Waals surface area (Å²) in [6.07, 6.45) is 6.79. The topological polar surface area (TPSA) is 70.2 Å². The van der Waals surface area contributed by atoms with Crippen LogP contribution in [0.1, 0.15) is 19.3 Å². The predicted molar refractivity (Wildman–Crippen MR) is 108 cm³/mol. The zero-order valence-electron chi connectivity index (χ0n) is 14.6. The van der Waals surface area contributed by atoms with E-state index in [9.17, 15) is 4.79 Å². The number of aromatic nitrogens is 2. The van der Waals surface area contributed by atoms with Gasteiger partial charge in [-0.2, -0.15) is 0 Å². The SMILES string of the molecule is Cl.O=C(NCC1=CCNCC1)C1CCCN(c2ncnc3sccc23)C1. The maximum atomic E-state index is 12.6. The van der Waals surface area contributed by atoms with Crippen LogP contribution in [0.4, 0.5) is 5.82 Å². The highest BCUT2D eigenvalue weighted by Gasteiger charge is 2.27. The van der Waals surface area contributed by atoms with Gasteiger partial charge in [0.1, 0.15) is 17.0 Å². The second-order valence-electron chi connectivity index (χ2n) is 6.66. The Balaban J connectivity index is 0.00000196. The van der Waals surface area contributed by atoms with Gasteiger partial charge in [0.15, 0.2) is 0 Å². The fourth-order valence-corrected chi connectivity index (χ4v) is 4.31. The number of hydrogen-bond donors (Lipinski definition) is 2. The molecular formula is C18H24ClN5OS. The molecule has 6 nitrogen and oxygen atoms in total. The van der Waals surface area contributed by atoms with Crippen molar-refractivity contribution in [2.45, 2.75) is 19.3 Å². The van der Waals surface area contributed by atoms with Crippen LogP contribution in [0.2, 0.25) is 0 Å². The van der Waals surface area contributed by atoms with Gasteiger partial charge in [0.05, 0.1) is 11.3 Å². The number of nitrogens with zero attached hydrogens (tertiary/aromatic N) is 3. The Hall–Kier alpha value is -1.70. The average Bonchev–Trinajstić information content (AvgIpc) is 3.16. The number of anilines is 1. The quantitative estimate of drug-likeness (QED) is 0.780. The molecule has 0 aliphatic carbocycles. The van der Waals surface area contributed by atoms with Gasteiger partial charge < -0.3 is 15.5 Å².